The van der Waals surface area contributed by atoms with Crippen LogP contribution in [0.2, 0.25) is 0 Å². The average molecular weight is 390 g/mol. The molecule has 28 heavy (non-hydrogen) atoms. The summed E-state index contributed by atoms with van der Waals surface area (Å²) in [6.45, 7) is 0.0780. The van der Waals surface area contributed by atoms with Crippen molar-refractivity contribution in [2.75, 3.05) is 0 Å². The summed E-state index contributed by atoms with van der Waals surface area (Å²) in [4.78, 5) is 20.8. The fraction of sp³-hybridized carbons (Fsp3) is 0.0455. The second-order valence-corrected chi connectivity index (χ2v) is 6.87. The maximum absolute atomic E-state index is 13.0. The molecule has 0 aliphatic heterocycles. The monoisotopic (exact) mass is 390 g/mol. The Morgan fingerprint density at radius 2 is 1.93 bits per heavy atom. The average Bonchev–Trinajstić information content (AvgIpc) is 3.20. The Morgan fingerprint density at radius 1 is 1.11 bits per heavy atom. The Balaban J connectivity index is 1.39. The molecule has 0 radical (unpaired) electrons. The van der Waals surface area contributed by atoms with Gasteiger partial charge in [0.15, 0.2) is 0 Å². The van der Waals surface area contributed by atoms with Crippen LogP contribution in [-0.2, 0) is 16.1 Å². The zero-order chi connectivity index (χ0) is 19.3. The smallest absolute Gasteiger partial charge is 0.331 e. The maximum Gasteiger partial charge on any atom is 0.331 e. The number of fused-ring (bicyclic) bond motifs is 1. The van der Waals surface area contributed by atoms with E-state index in [2.05, 4.69) is 9.97 Å². The number of pyridine rings is 1. The first-order valence-electron chi connectivity index (χ1n) is 8.58. The van der Waals surface area contributed by atoms with Crippen LogP contribution in [0.4, 0.5) is 4.39 Å². The van der Waals surface area contributed by atoms with E-state index in [1.807, 2.05) is 35.7 Å². The number of thiazole rings is 1. The van der Waals surface area contributed by atoms with Crippen molar-refractivity contribution in [2.45, 2.75) is 6.61 Å². The highest BCUT2D eigenvalue weighted by molar-refractivity contribution is 7.13. The first-order chi connectivity index (χ1) is 13.7. The molecule has 0 fully saturated rings. The van der Waals surface area contributed by atoms with Crippen molar-refractivity contribution in [1.82, 2.24) is 9.97 Å². The largest absolute Gasteiger partial charge is 0.456 e. The molecule has 4 aromatic rings. The molecule has 2 aromatic carbocycles. The standard InChI is InChI=1S/C22H15FN2O2S/c23-18-9-6-17(7-10-18)22-25-19(14-28-22)13-27-20(26)11-8-16-4-1-3-15-5-2-12-24-21(15)16/h1-12,14H,13H2/b11-8+. The Bertz CT molecular complexity index is 1150. The third-order valence-electron chi connectivity index (χ3n) is 4.07. The second-order valence-electron chi connectivity index (χ2n) is 6.01. The number of halogens is 1. The van der Waals surface area contributed by atoms with Gasteiger partial charge in [0.2, 0.25) is 0 Å². The third-order valence-corrected chi connectivity index (χ3v) is 5.01. The van der Waals surface area contributed by atoms with Crippen LogP contribution in [0.25, 0.3) is 27.6 Å². The lowest BCUT2D eigenvalue weighted by Gasteiger charge is -2.01. The number of aromatic nitrogens is 2. The Hall–Kier alpha value is -3.38. The molecule has 0 amide bonds. The Labute approximate surface area is 165 Å². The molecule has 0 unspecified atom stereocenters. The van der Waals surface area contributed by atoms with Crippen LogP contribution in [0.5, 0.6) is 0 Å². The SMILES string of the molecule is O=C(/C=C/c1cccc2cccnc12)OCc1csc(-c2ccc(F)cc2)n1. The van der Waals surface area contributed by atoms with E-state index in [1.165, 1.54) is 29.5 Å². The number of para-hydroxylation sites is 1. The molecule has 0 aliphatic rings. The molecule has 0 N–H and O–H groups in total. The van der Waals surface area contributed by atoms with Gasteiger partial charge in [0, 0.05) is 34.2 Å². The predicted octanol–water partition coefficient (Wildman–Crippen LogP) is 5.25. The molecule has 138 valence electrons. The van der Waals surface area contributed by atoms with Gasteiger partial charge in [-0.25, -0.2) is 14.2 Å². The summed E-state index contributed by atoms with van der Waals surface area (Å²) in [5.41, 5.74) is 3.16. The lowest BCUT2D eigenvalue weighted by Crippen LogP contribution is -2.01. The zero-order valence-corrected chi connectivity index (χ0v) is 15.5. The molecule has 4 rings (SSSR count). The lowest BCUT2D eigenvalue weighted by atomic mass is 10.1. The maximum atomic E-state index is 13.0. The second kappa shape index (κ2) is 8.10. The highest BCUT2D eigenvalue weighted by Crippen LogP contribution is 2.24. The number of hydrogen-bond acceptors (Lipinski definition) is 5. The third kappa shape index (κ3) is 4.13. The molecular weight excluding hydrogens is 375 g/mol. The zero-order valence-electron chi connectivity index (χ0n) is 14.7. The van der Waals surface area contributed by atoms with Crippen LogP contribution in [0, 0.1) is 5.82 Å². The van der Waals surface area contributed by atoms with Crippen molar-refractivity contribution < 1.29 is 13.9 Å². The lowest BCUT2D eigenvalue weighted by molar-refractivity contribution is -0.139. The summed E-state index contributed by atoms with van der Waals surface area (Å²) < 4.78 is 18.3. The highest BCUT2D eigenvalue weighted by Gasteiger charge is 2.07. The topological polar surface area (TPSA) is 52.1 Å². The Kier molecular flexibility index (Phi) is 5.21. The first kappa shape index (κ1) is 18.0. The number of ether oxygens (including phenoxy) is 1. The molecule has 0 saturated heterocycles. The van der Waals surface area contributed by atoms with Crippen LogP contribution < -0.4 is 0 Å². The summed E-state index contributed by atoms with van der Waals surface area (Å²) in [6.07, 6.45) is 4.80. The van der Waals surface area contributed by atoms with E-state index in [4.69, 9.17) is 4.74 Å². The fourth-order valence-corrected chi connectivity index (χ4v) is 3.52. The van der Waals surface area contributed by atoms with Crippen molar-refractivity contribution in [3.05, 3.63) is 89.3 Å². The number of nitrogens with zero attached hydrogens (tertiary/aromatic N) is 2. The highest BCUT2D eigenvalue weighted by atomic mass is 32.1. The minimum Gasteiger partial charge on any atom is -0.456 e. The van der Waals surface area contributed by atoms with Crippen LogP contribution in [-0.4, -0.2) is 15.9 Å². The predicted molar refractivity (Wildman–Crippen MR) is 108 cm³/mol. The molecule has 0 atom stereocenters. The quantitative estimate of drug-likeness (QED) is 0.345. The molecule has 0 aliphatic carbocycles. The van der Waals surface area contributed by atoms with Crippen molar-refractivity contribution in [3.8, 4) is 10.6 Å². The normalized spacial score (nSPS) is 11.2. The van der Waals surface area contributed by atoms with Gasteiger partial charge in [0.25, 0.3) is 0 Å². The van der Waals surface area contributed by atoms with E-state index in [-0.39, 0.29) is 12.4 Å². The van der Waals surface area contributed by atoms with Gasteiger partial charge < -0.3 is 4.74 Å². The summed E-state index contributed by atoms with van der Waals surface area (Å²) in [5, 5.41) is 3.59. The van der Waals surface area contributed by atoms with Gasteiger partial charge >= 0.3 is 5.97 Å². The fourth-order valence-electron chi connectivity index (χ4n) is 2.71. The van der Waals surface area contributed by atoms with Gasteiger partial charge in [-0.2, -0.15) is 0 Å². The van der Waals surface area contributed by atoms with Gasteiger partial charge in [-0.15, -0.1) is 11.3 Å². The number of carbonyl (C=O) groups excluding carboxylic acids is 1. The number of benzene rings is 2. The van der Waals surface area contributed by atoms with E-state index < -0.39 is 5.97 Å². The van der Waals surface area contributed by atoms with E-state index in [9.17, 15) is 9.18 Å². The first-order valence-corrected chi connectivity index (χ1v) is 9.46. The van der Waals surface area contributed by atoms with Gasteiger partial charge in [0.05, 0.1) is 11.2 Å². The number of esters is 1. The minimum atomic E-state index is -0.454. The van der Waals surface area contributed by atoms with Gasteiger partial charge in [-0.1, -0.05) is 24.3 Å². The summed E-state index contributed by atoms with van der Waals surface area (Å²) in [7, 11) is 0. The molecule has 2 aromatic heterocycles. The number of hydrogen-bond donors (Lipinski definition) is 0. The van der Waals surface area contributed by atoms with E-state index in [0.29, 0.717) is 5.69 Å². The number of carbonyl (C=O) groups is 1. The van der Waals surface area contributed by atoms with E-state index >= 15 is 0 Å². The summed E-state index contributed by atoms with van der Waals surface area (Å²) in [5.74, 6) is -0.744. The van der Waals surface area contributed by atoms with Crippen LogP contribution in [0.3, 0.4) is 0 Å². The van der Waals surface area contributed by atoms with Crippen LogP contribution in [0.1, 0.15) is 11.3 Å². The minimum absolute atomic E-state index is 0.0780. The molecule has 0 spiro atoms. The van der Waals surface area contributed by atoms with Gasteiger partial charge in [0.1, 0.15) is 17.4 Å². The van der Waals surface area contributed by atoms with Gasteiger partial charge in [-0.3, -0.25) is 4.98 Å². The molecule has 6 heteroatoms. The summed E-state index contributed by atoms with van der Waals surface area (Å²) in [6, 6.07) is 15.8. The summed E-state index contributed by atoms with van der Waals surface area (Å²) >= 11 is 1.42. The van der Waals surface area contributed by atoms with Crippen LogP contribution in [0.15, 0.2) is 72.3 Å². The molecular formula is C22H15FN2O2S. The van der Waals surface area contributed by atoms with Crippen molar-refractivity contribution in [2.24, 2.45) is 0 Å². The van der Waals surface area contributed by atoms with Crippen LogP contribution >= 0.6 is 11.3 Å². The van der Waals surface area contributed by atoms with Gasteiger partial charge in [-0.05, 0) is 36.4 Å². The van der Waals surface area contributed by atoms with Crippen molar-refractivity contribution >= 4 is 34.3 Å². The molecule has 2 heterocycles. The number of rotatable bonds is 5. The molecule has 0 bridgehead atoms. The van der Waals surface area contributed by atoms with E-state index in [1.54, 1.807) is 24.4 Å². The molecule has 0 saturated carbocycles. The van der Waals surface area contributed by atoms with E-state index in [0.717, 1.165) is 27.0 Å². The van der Waals surface area contributed by atoms with Crippen molar-refractivity contribution in [3.63, 3.8) is 0 Å². The molecule has 4 nitrogen and oxygen atoms in total. The van der Waals surface area contributed by atoms with Crippen molar-refractivity contribution in [1.29, 1.82) is 0 Å². The Morgan fingerprint density at radius 3 is 2.79 bits per heavy atom.